The Morgan fingerprint density at radius 3 is 2.48 bits per heavy atom. The van der Waals surface area contributed by atoms with Crippen LogP contribution in [0.2, 0.25) is 5.02 Å². The molecule has 1 heterocycles. The second kappa shape index (κ2) is 8.25. The van der Waals surface area contributed by atoms with E-state index in [1.165, 1.54) is 0 Å². The van der Waals surface area contributed by atoms with E-state index in [2.05, 4.69) is 22.6 Å². The topological polar surface area (TPSA) is 37.0 Å². The SMILES string of the molecule is C=CCNC(=S)Nc1ccc(-c2csc(-c3ccc(Cl)cc3)n2)cc1. The lowest BCUT2D eigenvalue weighted by Gasteiger charge is -2.09. The highest BCUT2D eigenvalue weighted by atomic mass is 35.5. The molecule has 0 spiro atoms. The van der Waals surface area contributed by atoms with Crippen LogP contribution in [0.4, 0.5) is 5.69 Å². The van der Waals surface area contributed by atoms with E-state index < -0.39 is 0 Å². The Hall–Kier alpha value is -2.21. The van der Waals surface area contributed by atoms with Crippen LogP contribution >= 0.6 is 35.2 Å². The van der Waals surface area contributed by atoms with Gasteiger partial charge < -0.3 is 10.6 Å². The van der Waals surface area contributed by atoms with Gasteiger partial charge in [-0.1, -0.05) is 41.9 Å². The van der Waals surface area contributed by atoms with Crippen molar-refractivity contribution in [1.29, 1.82) is 0 Å². The van der Waals surface area contributed by atoms with Gasteiger partial charge in [0.25, 0.3) is 0 Å². The van der Waals surface area contributed by atoms with Gasteiger partial charge >= 0.3 is 0 Å². The van der Waals surface area contributed by atoms with Crippen LogP contribution in [-0.4, -0.2) is 16.6 Å². The summed E-state index contributed by atoms with van der Waals surface area (Å²) < 4.78 is 0. The standard InChI is InChI=1S/C19H16ClN3S2/c1-2-11-21-19(24)22-16-9-5-13(6-10-16)17-12-25-18(23-17)14-3-7-15(20)8-4-14/h2-10,12H,1,11H2,(H2,21,22,24). The molecule has 0 atom stereocenters. The molecule has 2 aromatic carbocycles. The average Bonchev–Trinajstić information content (AvgIpc) is 3.11. The van der Waals surface area contributed by atoms with Gasteiger partial charge in [0.15, 0.2) is 5.11 Å². The van der Waals surface area contributed by atoms with Crippen LogP contribution < -0.4 is 10.6 Å². The summed E-state index contributed by atoms with van der Waals surface area (Å²) >= 11 is 12.8. The number of benzene rings is 2. The third-order valence-corrected chi connectivity index (χ3v) is 4.83. The van der Waals surface area contributed by atoms with Crippen molar-refractivity contribution in [3.63, 3.8) is 0 Å². The summed E-state index contributed by atoms with van der Waals surface area (Å²) in [7, 11) is 0. The van der Waals surface area contributed by atoms with Gasteiger partial charge in [0.1, 0.15) is 5.01 Å². The molecule has 3 nitrogen and oxygen atoms in total. The minimum Gasteiger partial charge on any atom is -0.359 e. The Kier molecular flexibility index (Phi) is 5.81. The second-order valence-corrected chi connectivity index (χ2v) is 6.95. The van der Waals surface area contributed by atoms with Crippen molar-refractivity contribution in [1.82, 2.24) is 10.3 Å². The lowest BCUT2D eigenvalue weighted by atomic mass is 10.1. The van der Waals surface area contributed by atoms with E-state index in [4.69, 9.17) is 28.8 Å². The summed E-state index contributed by atoms with van der Waals surface area (Å²) in [6.45, 7) is 4.29. The maximum atomic E-state index is 5.94. The van der Waals surface area contributed by atoms with Gasteiger partial charge in [0, 0.05) is 33.8 Å². The predicted octanol–water partition coefficient (Wildman–Crippen LogP) is 5.60. The van der Waals surface area contributed by atoms with Crippen LogP contribution in [0.3, 0.4) is 0 Å². The van der Waals surface area contributed by atoms with Crippen molar-refractivity contribution in [3.8, 4) is 21.8 Å². The highest BCUT2D eigenvalue weighted by Gasteiger charge is 2.07. The second-order valence-electron chi connectivity index (χ2n) is 5.25. The summed E-state index contributed by atoms with van der Waals surface area (Å²) in [5.74, 6) is 0. The van der Waals surface area contributed by atoms with Gasteiger partial charge in [0.05, 0.1) is 5.69 Å². The maximum Gasteiger partial charge on any atom is 0.171 e. The minimum atomic E-state index is 0.575. The smallest absolute Gasteiger partial charge is 0.171 e. The molecular formula is C19H16ClN3S2. The van der Waals surface area contributed by atoms with Crippen molar-refractivity contribution < 1.29 is 0 Å². The molecule has 0 aliphatic heterocycles. The predicted molar refractivity (Wildman–Crippen MR) is 112 cm³/mol. The number of halogens is 1. The molecule has 3 rings (SSSR count). The van der Waals surface area contributed by atoms with Crippen molar-refractivity contribution >= 4 is 46.0 Å². The normalized spacial score (nSPS) is 10.3. The van der Waals surface area contributed by atoms with Crippen LogP contribution in [0.1, 0.15) is 0 Å². The molecule has 2 N–H and O–H groups in total. The number of nitrogens with one attached hydrogen (secondary N) is 2. The Bertz CT molecular complexity index is 870. The number of rotatable bonds is 5. The van der Waals surface area contributed by atoms with Crippen LogP contribution in [0.5, 0.6) is 0 Å². The van der Waals surface area contributed by atoms with Crippen LogP contribution in [0.15, 0.2) is 66.6 Å². The first-order chi connectivity index (χ1) is 12.2. The Balaban J connectivity index is 1.71. The molecule has 0 saturated carbocycles. The first-order valence-electron chi connectivity index (χ1n) is 7.63. The third kappa shape index (κ3) is 4.66. The van der Waals surface area contributed by atoms with E-state index in [0.29, 0.717) is 11.7 Å². The molecular weight excluding hydrogens is 370 g/mol. The third-order valence-electron chi connectivity index (χ3n) is 3.44. The van der Waals surface area contributed by atoms with Gasteiger partial charge in [-0.3, -0.25) is 0 Å². The van der Waals surface area contributed by atoms with Crippen molar-refractivity contribution in [2.24, 2.45) is 0 Å². The van der Waals surface area contributed by atoms with E-state index in [0.717, 1.165) is 32.5 Å². The zero-order chi connectivity index (χ0) is 17.6. The number of thiocarbonyl (C=S) groups is 1. The van der Waals surface area contributed by atoms with Gasteiger partial charge in [0.2, 0.25) is 0 Å². The lowest BCUT2D eigenvalue weighted by Crippen LogP contribution is -2.28. The van der Waals surface area contributed by atoms with Gasteiger partial charge in [-0.2, -0.15) is 0 Å². The lowest BCUT2D eigenvalue weighted by molar-refractivity contribution is 1.06. The zero-order valence-corrected chi connectivity index (χ0v) is 15.7. The number of aromatic nitrogens is 1. The quantitative estimate of drug-likeness (QED) is 0.442. The zero-order valence-electron chi connectivity index (χ0n) is 13.3. The van der Waals surface area contributed by atoms with Gasteiger partial charge in [-0.25, -0.2) is 4.98 Å². The van der Waals surface area contributed by atoms with E-state index in [-0.39, 0.29) is 0 Å². The molecule has 126 valence electrons. The Labute approximate surface area is 161 Å². The highest BCUT2D eigenvalue weighted by molar-refractivity contribution is 7.80. The number of hydrogen-bond donors (Lipinski definition) is 2. The molecule has 25 heavy (non-hydrogen) atoms. The fourth-order valence-corrected chi connectivity index (χ4v) is 3.36. The maximum absolute atomic E-state index is 5.94. The molecule has 0 amide bonds. The number of thiazole rings is 1. The van der Waals surface area contributed by atoms with E-state index in [9.17, 15) is 0 Å². The van der Waals surface area contributed by atoms with Crippen LogP contribution in [0, 0.1) is 0 Å². The largest absolute Gasteiger partial charge is 0.359 e. The Morgan fingerprint density at radius 2 is 1.80 bits per heavy atom. The van der Waals surface area contributed by atoms with Crippen LogP contribution in [-0.2, 0) is 0 Å². The molecule has 0 fully saturated rings. The van der Waals surface area contributed by atoms with Crippen molar-refractivity contribution in [3.05, 3.63) is 71.6 Å². The van der Waals surface area contributed by atoms with E-state index >= 15 is 0 Å². The fourth-order valence-electron chi connectivity index (χ4n) is 2.20. The van der Waals surface area contributed by atoms with Crippen LogP contribution in [0.25, 0.3) is 21.8 Å². The molecule has 3 aromatic rings. The van der Waals surface area contributed by atoms with Crippen molar-refractivity contribution in [2.75, 3.05) is 11.9 Å². The van der Waals surface area contributed by atoms with E-state index in [1.54, 1.807) is 17.4 Å². The summed E-state index contributed by atoms with van der Waals surface area (Å²) in [6.07, 6.45) is 1.76. The Morgan fingerprint density at radius 1 is 1.12 bits per heavy atom. The molecule has 0 radical (unpaired) electrons. The highest BCUT2D eigenvalue weighted by Crippen LogP contribution is 2.30. The molecule has 0 aliphatic carbocycles. The first kappa shape index (κ1) is 17.6. The summed E-state index contributed by atoms with van der Waals surface area (Å²) in [6, 6.07) is 15.7. The number of nitrogens with zero attached hydrogens (tertiary/aromatic N) is 1. The number of hydrogen-bond acceptors (Lipinski definition) is 3. The minimum absolute atomic E-state index is 0.575. The van der Waals surface area contributed by atoms with E-state index in [1.807, 2.05) is 48.5 Å². The van der Waals surface area contributed by atoms with Gasteiger partial charge in [-0.05, 0) is 36.5 Å². The average molecular weight is 386 g/mol. The first-order valence-corrected chi connectivity index (χ1v) is 9.30. The summed E-state index contributed by atoms with van der Waals surface area (Å²) in [5, 5.41) is 10.5. The molecule has 0 bridgehead atoms. The molecule has 0 unspecified atom stereocenters. The monoisotopic (exact) mass is 385 g/mol. The molecule has 0 saturated heterocycles. The molecule has 0 aliphatic rings. The summed E-state index contributed by atoms with van der Waals surface area (Å²) in [4.78, 5) is 4.72. The molecule has 1 aromatic heterocycles. The molecule has 6 heteroatoms. The van der Waals surface area contributed by atoms with Gasteiger partial charge in [-0.15, -0.1) is 17.9 Å². The summed E-state index contributed by atoms with van der Waals surface area (Å²) in [5.41, 5.74) is 4.01. The number of anilines is 1. The van der Waals surface area contributed by atoms with Crippen molar-refractivity contribution in [2.45, 2.75) is 0 Å². The fraction of sp³-hybridized carbons (Fsp3) is 0.0526.